The predicted molar refractivity (Wildman–Crippen MR) is 70.1 cm³/mol. The minimum atomic E-state index is -0.263. The average Bonchev–Trinajstić information content (AvgIpc) is 3.13. The highest BCUT2D eigenvalue weighted by molar-refractivity contribution is 7.98. The molecule has 0 atom stereocenters. The minimum absolute atomic E-state index is 0.263. The van der Waals surface area contributed by atoms with E-state index in [0.29, 0.717) is 18.4 Å². The van der Waals surface area contributed by atoms with E-state index in [2.05, 4.69) is 5.32 Å². The van der Waals surface area contributed by atoms with Crippen molar-refractivity contribution < 1.29 is 9.13 Å². The summed E-state index contributed by atoms with van der Waals surface area (Å²) in [6, 6.07) is 5.85. The molecule has 0 aromatic heterocycles. The molecule has 0 saturated heterocycles. The van der Waals surface area contributed by atoms with E-state index in [0.717, 1.165) is 17.9 Å². The van der Waals surface area contributed by atoms with Crippen molar-refractivity contribution in [2.45, 2.75) is 25.4 Å². The number of thioether (sulfide) groups is 1. The summed E-state index contributed by atoms with van der Waals surface area (Å²) in [6.45, 7) is 1.30. The van der Waals surface area contributed by atoms with Crippen molar-refractivity contribution >= 4 is 11.8 Å². The Labute approximate surface area is 106 Å². The second-order valence-corrected chi connectivity index (χ2v) is 5.25. The van der Waals surface area contributed by atoms with Crippen molar-refractivity contribution in [3.63, 3.8) is 0 Å². The second kappa shape index (κ2) is 6.26. The van der Waals surface area contributed by atoms with Gasteiger partial charge in [0.25, 0.3) is 0 Å². The molecule has 0 heterocycles. The van der Waals surface area contributed by atoms with Crippen LogP contribution in [0.4, 0.5) is 4.39 Å². The van der Waals surface area contributed by atoms with Crippen LogP contribution in [-0.4, -0.2) is 24.7 Å². The lowest BCUT2D eigenvalue weighted by molar-refractivity contribution is 0.324. The van der Waals surface area contributed by atoms with Crippen LogP contribution in [0.2, 0.25) is 0 Å². The van der Waals surface area contributed by atoms with Gasteiger partial charge < -0.3 is 10.1 Å². The van der Waals surface area contributed by atoms with Gasteiger partial charge in [0.1, 0.15) is 0 Å². The summed E-state index contributed by atoms with van der Waals surface area (Å²) < 4.78 is 19.0. The fourth-order valence-corrected chi connectivity index (χ4v) is 1.81. The topological polar surface area (TPSA) is 21.3 Å². The van der Waals surface area contributed by atoms with Crippen molar-refractivity contribution in [2.24, 2.45) is 0 Å². The Morgan fingerprint density at radius 3 is 2.94 bits per heavy atom. The molecule has 1 aromatic rings. The molecule has 1 saturated carbocycles. The van der Waals surface area contributed by atoms with Crippen LogP contribution in [0.15, 0.2) is 18.2 Å². The Bertz CT molecular complexity index is 368. The van der Waals surface area contributed by atoms with Crippen molar-refractivity contribution in [1.29, 1.82) is 0 Å². The SMILES string of the molecule is CSCCOc1ccc(CNC2CC2)cc1F. The monoisotopic (exact) mass is 255 g/mol. The normalized spacial score (nSPS) is 14.9. The Balaban J connectivity index is 1.85. The van der Waals surface area contributed by atoms with Crippen molar-refractivity contribution in [2.75, 3.05) is 18.6 Å². The van der Waals surface area contributed by atoms with Gasteiger partial charge in [0, 0.05) is 18.3 Å². The zero-order chi connectivity index (χ0) is 12.1. The van der Waals surface area contributed by atoms with Gasteiger partial charge in [0.15, 0.2) is 11.6 Å². The number of hydrogen-bond donors (Lipinski definition) is 1. The molecule has 0 bridgehead atoms. The quantitative estimate of drug-likeness (QED) is 0.757. The molecular weight excluding hydrogens is 237 g/mol. The molecule has 1 aliphatic carbocycles. The van der Waals surface area contributed by atoms with Gasteiger partial charge in [0.2, 0.25) is 0 Å². The zero-order valence-corrected chi connectivity index (χ0v) is 10.9. The molecule has 0 radical (unpaired) electrons. The zero-order valence-electron chi connectivity index (χ0n) is 10.0. The van der Waals surface area contributed by atoms with E-state index in [1.54, 1.807) is 23.9 Å². The molecule has 2 nitrogen and oxygen atoms in total. The fraction of sp³-hybridized carbons (Fsp3) is 0.538. The molecule has 0 unspecified atom stereocenters. The van der Waals surface area contributed by atoms with Gasteiger partial charge in [0.05, 0.1) is 6.61 Å². The Morgan fingerprint density at radius 2 is 2.29 bits per heavy atom. The van der Waals surface area contributed by atoms with Gasteiger partial charge in [-0.2, -0.15) is 11.8 Å². The van der Waals surface area contributed by atoms with Gasteiger partial charge in [-0.05, 0) is 36.8 Å². The molecule has 2 rings (SSSR count). The molecule has 1 fully saturated rings. The second-order valence-electron chi connectivity index (χ2n) is 4.26. The summed E-state index contributed by atoms with van der Waals surface area (Å²) in [4.78, 5) is 0. The van der Waals surface area contributed by atoms with Crippen LogP contribution in [0.3, 0.4) is 0 Å². The predicted octanol–water partition coefficient (Wildman–Crippen LogP) is 2.82. The van der Waals surface area contributed by atoms with E-state index >= 15 is 0 Å². The summed E-state index contributed by atoms with van der Waals surface area (Å²) in [5, 5.41) is 3.36. The molecule has 0 aliphatic heterocycles. The molecule has 1 N–H and O–H groups in total. The largest absolute Gasteiger partial charge is 0.490 e. The Kier molecular flexibility index (Phi) is 4.68. The standard InChI is InChI=1S/C13H18FNOS/c1-17-7-6-16-13-5-2-10(8-12(13)14)9-15-11-3-4-11/h2,5,8,11,15H,3-4,6-7,9H2,1H3. The highest BCUT2D eigenvalue weighted by Crippen LogP contribution is 2.21. The molecule has 1 aliphatic rings. The van der Waals surface area contributed by atoms with Gasteiger partial charge >= 0.3 is 0 Å². The van der Waals surface area contributed by atoms with Gasteiger partial charge in [-0.3, -0.25) is 0 Å². The summed E-state index contributed by atoms with van der Waals surface area (Å²) in [7, 11) is 0. The smallest absolute Gasteiger partial charge is 0.165 e. The maximum absolute atomic E-state index is 13.7. The number of rotatable bonds is 7. The average molecular weight is 255 g/mol. The summed E-state index contributed by atoms with van der Waals surface area (Å²) >= 11 is 1.69. The molecule has 0 amide bonds. The minimum Gasteiger partial charge on any atom is -0.490 e. The van der Waals surface area contributed by atoms with Crippen molar-refractivity contribution in [1.82, 2.24) is 5.32 Å². The van der Waals surface area contributed by atoms with Crippen molar-refractivity contribution in [3.8, 4) is 5.75 Å². The maximum Gasteiger partial charge on any atom is 0.165 e. The van der Waals surface area contributed by atoms with Crippen LogP contribution in [0.5, 0.6) is 5.75 Å². The van der Waals surface area contributed by atoms with E-state index in [-0.39, 0.29) is 5.82 Å². The number of benzene rings is 1. The van der Waals surface area contributed by atoms with Crippen molar-refractivity contribution in [3.05, 3.63) is 29.6 Å². The molecule has 1 aromatic carbocycles. The first-order valence-electron chi connectivity index (χ1n) is 5.93. The van der Waals surface area contributed by atoms with E-state index in [9.17, 15) is 4.39 Å². The van der Waals surface area contributed by atoms with E-state index < -0.39 is 0 Å². The van der Waals surface area contributed by atoms with Gasteiger partial charge in [-0.1, -0.05) is 6.07 Å². The molecule has 4 heteroatoms. The van der Waals surface area contributed by atoms with Crippen LogP contribution in [-0.2, 0) is 6.54 Å². The first-order chi connectivity index (χ1) is 8.29. The molecular formula is C13H18FNOS. The van der Waals surface area contributed by atoms with Crippen LogP contribution >= 0.6 is 11.8 Å². The number of ether oxygens (including phenoxy) is 1. The lowest BCUT2D eigenvalue weighted by atomic mass is 10.2. The summed E-state index contributed by atoms with van der Waals surface area (Å²) in [5.74, 6) is 0.972. The number of nitrogens with one attached hydrogen (secondary N) is 1. The third-order valence-electron chi connectivity index (χ3n) is 2.71. The summed E-state index contributed by atoms with van der Waals surface area (Å²) in [6.07, 6.45) is 4.50. The number of hydrogen-bond acceptors (Lipinski definition) is 3. The highest BCUT2D eigenvalue weighted by Gasteiger charge is 2.20. The highest BCUT2D eigenvalue weighted by atomic mass is 32.2. The molecule has 17 heavy (non-hydrogen) atoms. The third kappa shape index (κ3) is 4.21. The van der Waals surface area contributed by atoms with E-state index in [1.807, 2.05) is 12.3 Å². The lowest BCUT2D eigenvalue weighted by Gasteiger charge is -2.08. The fourth-order valence-electron chi connectivity index (χ4n) is 1.56. The lowest BCUT2D eigenvalue weighted by Crippen LogP contribution is -2.15. The first-order valence-corrected chi connectivity index (χ1v) is 7.32. The van der Waals surface area contributed by atoms with Crippen LogP contribution < -0.4 is 10.1 Å². The van der Waals surface area contributed by atoms with E-state index in [1.165, 1.54) is 12.8 Å². The molecule has 94 valence electrons. The van der Waals surface area contributed by atoms with E-state index in [4.69, 9.17) is 4.74 Å². The number of halogens is 1. The van der Waals surface area contributed by atoms with Crippen LogP contribution in [0.25, 0.3) is 0 Å². The van der Waals surface area contributed by atoms with Crippen LogP contribution in [0.1, 0.15) is 18.4 Å². The maximum atomic E-state index is 13.7. The third-order valence-corrected chi connectivity index (χ3v) is 3.29. The van der Waals surface area contributed by atoms with Crippen LogP contribution in [0, 0.1) is 5.82 Å². The first kappa shape index (κ1) is 12.7. The van der Waals surface area contributed by atoms with Gasteiger partial charge in [-0.15, -0.1) is 0 Å². The molecule has 0 spiro atoms. The Hall–Kier alpha value is -0.740. The Morgan fingerprint density at radius 1 is 1.47 bits per heavy atom. The summed E-state index contributed by atoms with van der Waals surface area (Å²) in [5.41, 5.74) is 0.978. The van der Waals surface area contributed by atoms with Gasteiger partial charge in [-0.25, -0.2) is 4.39 Å².